The number of rotatable bonds is 2. The van der Waals surface area contributed by atoms with E-state index in [9.17, 15) is 9.59 Å². The SMILES string of the molecule is CCc1csc(NC(=O)C(N)=O)n1. The number of nitrogens with zero attached hydrogens (tertiary/aromatic N) is 1. The number of anilines is 1. The Kier molecular flexibility index (Phi) is 2.97. The third kappa shape index (κ3) is 2.51. The van der Waals surface area contributed by atoms with Gasteiger partial charge in [-0.25, -0.2) is 4.98 Å². The third-order valence-electron chi connectivity index (χ3n) is 1.36. The molecule has 0 saturated heterocycles. The van der Waals surface area contributed by atoms with Gasteiger partial charge < -0.3 is 5.73 Å². The summed E-state index contributed by atoms with van der Waals surface area (Å²) < 4.78 is 0. The van der Waals surface area contributed by atoms with Crippen LogP contribution < -0.4 is 11.1 Å². The fourth-order valence-corrected chi connectivity index (χ4v) is 1.47. The lowest BCUT2D eigenvalue weighted by Gasteiger charge is -1.94. The Morgan fingerprint density at radius 2 is 2.38 bits per heavy atom. The molecule has 0 saturated carbocycles. The molecule has 1 aromatic rings. The van der Waals surface area contributed by atoms with Crippen LogP contribution in [-0.2, 0) is 16.0 Å². The number of carbonyl (C=O) groups is 2. The van der Waals surface area contributed by atoms with Crippen molar-refractivity contribution >= 4 is 28.3 Å². The van der Waals surface area contributed by atoms with Crippen LogP contribution >= 0.6 is 11.3 Å². The van der Waals surface area contributed by atoms with Crippen LogP contribution in [0.2, 0.25) is 0 Å². The van der Waals surface area contributed by atoms with Crippen LogP contribution in [-0.4, -0.2) is 16.8 Å². The molecule has 3 N–H and O–H groups in total. The standard InChI is InChI=1S/C7H9N3O2S/c1-2-4-3-13-7(9-4)10-6(12)5(8)11/h3H,2H2,1H3,(H2,8,11)(H,9,10,12). The number of aryl methyl sites for hydroxylation is 1. The van der Waals surface area contributed by atoms with Gasteiger partial charge in [0.2, 0.25) is 0 Å². The van der Waals surface area contributed by atoms with Gasteiger partial charge in [-0.2, -0.15) is 0 Å². The molecule has 0 radical (unpaired) electrons. The number of nitrogens with two attached hydrogens (primary N) is 1. The Hall–Kier alpha value is -1.43. The van der Waals surface area contributed by atoms with Crippen LogP contribution in [0.4, 0.5) is 5.13 Å². The van der Waals surface area contributed by atoms with Crippen LogP contribution in [0.15, 0.2) is 5.38 Å². The first-order chi connectivity index (χ1) is 6.13. The zero-order chi connectivity index (χ0) is 9.84. The monoisotopic (exact) mass is 199 g/mol. The third-order valence-corrected chi connectivity index (χ3v) is 2.16. The van der Waals surface area contributed by atoms with Gasteiger partial charge in [0.15, 0.2) is 5.13 Å². The molecule has 1 aromatic heterocycles. The van der Waals surface area contributed by atoms with E-state index in [2.05, 4.69) is 10.3 Å². The smallest absolute Gasteiger partial charge is 0.315 e. The number of hydrogen-bond acceptors (Lipinski definition) is 4. The average molecular weight is 199 g/mol. The summed E-state index contributed by atoms with van der Waals surface area (Å²) in [7, 11) is 0. The van der Waals surface area contributed by atoms with Gasteiger partial charge in [0, 0.05) is 5.38 Å². The van der Waals surface area contributed by atoms with Crippen molar-refractivity contribution in [3.8, 4) is 0 Å². The molecule has 1 rings (SSSR count). The number of primary amides is 1. The zero-order valence-electron chi connectivity index (χ0n) is 7.03. The molecule has 13 heavy (non-hydrogen) atoms. The van der Waals surface area contributed by atoms with Crippen molar-refractivity contribution in [1.82, 2.24) is 4.98 Å². The van der Waals surface area contributed by atoms with Crippen LogP contribution in [0.5, 0.6) is 0 Å². The van der Waals surface area contributed by atoms with Gasteiger partial charge in [0.25, 0.3) is 0 Å². The van der Waals surface area contributed by atoms with Crippen molar-refractivity contribution in [3.05, 3.63) is 11.1 Å². The highest BCUT2D eigenvalue weighted by Crippen LogP contribution is 2.15. The highest BCUT2D eigenvalue weighted by atomic mass is 32.1. The van der Waals surface area contributed by atoms with Crippen molar-refractivity contribution in [2.45, 2.75) is 13.3 Å². The van der Waals surface area contributed by atoms with Gasteiger partial charge in [0.05, 0.1) is 5.69 Å². The van der Waals surface area contributed by atoms with Crippen LogP contribution in [0, 0.1) is 0 Å². The van der Waals surface area contributed by atoms with Crippen molar-refractivity contribution in [3.63, 3.8) is 0 Å². The molecular formula is C7H9N3O2S. The first-order valence-electron chi connectivity index (χ1n) is 3.68. The summed E-state index contributed by atoms with van der Waals surface area (Å²) in [6.45, 7) is 1.95. The molecule has 5 nitrogen and oxygen atoms in total. The second-order valence-electron chi connectivity index (χ2n) is 2.32. The molecule has 0 aliphatic carbocycles. The van der Waals surface area contributed by atoms with Crippen LogP contribution in [0.25, 0.3) is 0 Å². The molecule has 6 heteroatoms. The van der Waals surface area contributed by atoms with Crippen molar-refractivity contribution in [1.29, 1.82) is 0 Å². The van der Waals surface area contributed by atoms with Crippen molar-refractivity contribution < 1.29 is 9.59 Å². The lowest BCUT2D eigenvalue weighted by atomic mass is 10.4. The number of hydrogen-bond donors (Lipinski definition) is 2. The summed E-state index contributed by atoms with van der Waals surface area (Å²) in [5, 5.41) is 4.51. The topological polar surface area (TPSA) is 85.1 Å². The maximum Gasteiger partial charge on any atom is 0.315 e. The van der Waals surface area contributed by atoms with E-state index in [1.807, 2.05) is 12.3 Å². The number of aromatic nitrogens is 1. The molecule has 0 bridgehead atoms. The molecule has 2 amide bonds. The molecule has 1 heterocycles. The van der Waals surface area contributed by atoms with E-state index in [4.69, 9.17) is 5.73 Å². The van der Waals surface area contributed by atoms with Gasteiger partial charge >= 0.3 is 11.8 Å². The van der Waals surface area contributed by atoms with Gasteiger partial charge in [-0.3, -0.25) is 14.9 Å². The Balaban J connectivity index is 2.64. The largest absolute Gasteiger partial charge is 0.361 e. The molecule has 0 spiro atoms. The second-order valence-corrected chi connectivity index (χ2v) is 3.17. The normalized spacial score (nSPS) is 9.62. The molecule has 0 aliphatic rings. The van der Waals surface area contributed by atoms with E-state index < -0.39 is 11.8 Å². The highest BCUT2D eigenvalue weighted by Gasteiger charge is 2.10. The Morgan fingerprint density at radius 1 is 1.69 bits per heavy atom. The average Bonchev–Trinajstić information content (AvgIpc) is 2.52. The summed E-state index contributed by atoms with van der Waals surface area (Å²) in [6.07, 6.45) is 0.795. The first-order valence-corrected chi connectivity index (χ1v) is 4.56. The number of thiazole rings is 1. The number of carbonyl (C=O) groups excluding carboxylic acids is 2. The minimum Gasteiger partial charge on any atom is -0.361 e. The van der Waals surface area contributed by atoms with Gasteiger partial charge in [0.1, 0.15) is 0 Å². The van der Waals surface area contributed by atoms with E-state index in [0.717, 1.165) is 12.1 Å². The molecule has 0 fully saturated rings. The minimum absolute atomic E-state index is 0.403. The minimum atomic E-state index is -1.01. The lowest BCUT2D eigenvalue weighted by molar-refractivity contribution is -0.134. The Labute approximate surface area is 79.0 Å². The fraction of sp³-hybridized carbons (Fsp3) is 0.286. The van der Waals surface area contributed by atoms with E-state index in [-0.39, 0.29) is 0 Å². The summed E-state index contributed by atoms with van der Waals surface area (Å²) in [4.78, 5) is 25.2. The van der Waals surface area contributed by atoms with Gasteiger partial charge in [-0.1, -0.05) is 6.92 Å². The molecule has 0 aromatic carbocycles. The van der Waals surface area contributed by atoms with Crippen LogP contribution in [0.3, 0.4) is 0 Å². The predicted octanol–water partition coefficient (Wildman–Crippen LogP) is 0.129. The number of nitrogens with one attached hydrogen (secondary N) is 1. The van der Waals surface area contributed by atoms with Gasteiger partial charge in [-0.15, -0.1) is 11.3 Å². The molecule has 0 atom stereocenters. The van der Waals surface area contributed by atoms with E-state index in [0.29, 0.717) is 5.13 Å². The predicted molar refractivity (Wildman–Crippen MR) is 49.3 cm³/mol. The summed E-state index contributed by atoms with van der Waals surface area (Å²) in [6, 6.07) is 0. The van der Waals surface area contributed by atoms with Gasteiger partial charge in [-0.05, 0) is 6.42 Å². The Morgan fingerprint density at radius 3 is 2.85 bits per heavy atom. The fourth-order valence-electron chi connectivity index (χ4n) is 0.685. The maximum absolute atomic E-state index is 10.8. The van der Waals surface area contributed by atoms with Crippen LogP contribution in [0.1, 0.15) is 12.6 Å². The van der Waals surface area contributed by atoms with Crippen molar-refractivity contribution in [2.75, 3.05) is 5.32 Å². The highest BCUT2D eigenvalue weighted by molar-refractivity contribution is 7.14. The summed E-state index contributed by atoms with van der Waals surface area (Å²) in [5.74, 6) is -1.84. The molecule has 0 unspecified atom stereocenters. The zero-order valence-corrected chi connectivity index (χ0v) is 7.85. The first kappa shape index (κ1) is 9.66. The molecular weight excluding hydrogens is 190 g/mol. The summed E-state index contributed by atoms with van der Waals surface area (Å²) in [5.41, 5.74) is 5.63. The molecule has 0 aliphatic heterocycles. The summed E-state index contributed by atoms with van der Waals surface area (Å²) >= 11 is 1.27. The lowest BCUT2D eigenvalue weighted by Crippen LogP contribution is -2.29. The van der Waals surface area contributed by atoms with E-state index in [1.54, 1.807) is 0 Å². The van der Waals surface area contributed by atoms with E-state index >= 15 is 0 Å². The van der Waals surface area contributed by atoms with Crippen molar-refractivity contribution in [2.24, 2.45) is 5.73 Å². The van der Waals surface area contributed by atoms with E-state index in [1.165, 1.54) is 11.3 Å². The number of amides is 2. The quantitative estimate of drug-likeness (QED) is 0.664. The maximum atomic E-state index is 10.8. The molecule has 70 valence electrons. The Bertz CT molecular complexity index is 334. The second kappa shape index (κ2) is 3.99.